The lowest BCUT2D eigenvalue weighted by atomic mass is 9.98. The molecule has 1 fully saturated rings. The number of anilines is 1. The van der Waals surface area contributed by atoms with E-state index >= 15 is 0 Å². The summed E-state index contributed by atoms with van der Waals surface area (Å²) in [4.78, 5) is 2.17. The lowest BCUT2D eigenvalue weighted by Crippen LogP contribution is -2.37. The molecular weight excluding hydrogens is 228 g/mol. The van der Waals surface area contributed by atoms with Crippen molar-refractivity contribution in [1.82, 2.24) is 0 Å². The van der Waals surface area contributed by atoms with Crippen LogP contribution in [0.2, 0.25) is 0 Å². The van der Waals surface area contributed by atoms with Gasteiger partial charge >= 0.3 is 0 Å². The molecule has 1 unspecified atom stereocenters. The van der Waals surface area contributed by atoms with E-state index < -0.39 is 0 Å². The summed E-state index contributed by atoms with van der Waals surface area (Å²) in [5.74, 6) is 1.06. The van der Waals surface area contributed by atoms with E-state index in [0.29, 0.717) is 11.5 Å². The average molecular weight is 246 g/mol. The fraction of sp³-hybridized carbons (Fsp3) is 0.500. The number of methoxy groups -OCH3 is 1. The van der Waals surface area contributed by atoms with Gasteiger partial charge < -0.3 is 14.7 Å². The summed E-state index contributed by atoms with van der Waals surface area (Å²) >= 11 is 0. The predicted octanol–water partition coefficient (Wildman–Crippen LogP) is 1.78. The summed E-state index contributed by atoms with van der Waals surface area (Å²) in [5, 5.41) is 18.4. The van der Waals surface area contributed by atoms with Crippen LogP contribution in [0.1, 0.15) is 18.4 Å². The number of nitriles is 1. The van der Waals surface area contributed by atoms with Crippen molar-refractivity contribution in [2.24, 2.45) is 5.92 Å². The molecule has 0 bridgehead atoms. The Morgan fingerprint density at radius 3 is 3.06 bits per heavy atom. The number of piperidine rings is 1. The Labute approximate surface area is 107 Å². The lowest BCUT2D eigenvalue weighted by Gasteiger charge is -2.34. The van der Waals surface area contributed by atoms with Crippen LogP contribution in [-0.4, -0.2) is 31.9 Å². The van der Waals surface area contributed by atoms with Crippen molar-refractivity contribution in [3.8, 4) is 11.8 Å². The van der Waals surface area contributed by atoms with Crippen LogP contribution in [0.25, 0.3) is 0 Å². The maximum Gasteiger partial charge on any atom is 0.121 e. The normalized spacial score (nSPS) is 19.4. The van der Waals surface area contributed by atoms with Crippen molar-refractivity contribution in [3.63, 3.8) is 0 Å². The number of aliphatic hydroxyl groups is 1. The van der Waals surface area contributed by atoms with Crippen LogP contribution in [0.5, 0.6) is 5.75 Å². The minimum Gasteiger partial charge on any atom is -0.497 e. The molecule has 1 heterocycles. The van der Waals surface area contributed by atoms with Crippen molar-refractivity contribution in [1.29, 1.82) is 5.26 Å². The first-order chi connectivity index (χ1) is 8.78. The quantitative estimate of drug-likeness (QED) is 0.883. The average Bonchev–Trinajstić information content (AvgIpc) is 2.46. The number of hydrogen-bond acceptors (Lipinski definition) is 4. The molecule has 0 spiro atoms. The van der Waals surface area contributed by atoms with Crippen molar-refractivity contribution in [2.45, 2.75) is 12.8 Å². The first-order valence-corrected chi connectivity index (χ1v) is 6.22. The summed E-state index contributed by atoms with van der Waals surface area (Å²) in [6.07, 6.45) is 2.10. The third-order valence-corrected chi connectivity index (χ3v) is 3.44. The maximum atomic E-state index is 9.27. The van der Waals surface area contributed by atoms with Crippen LogP contribution >= 0.6 is 0 Å². The molecule has 4 heteroatoms. The van der Waals surface area contributed by atoms with Crippen LogP contribution in [0, 0.1) is 17.2 Å². The molecule has 1 aromatic rings. The Morgan fingerprint density at radius 2 is 2.39 bits per heavy atom. The molecular formula is C14H18N2O2. The first kappa shape index (κ1) is 12.7. The van der Waals surface area contributed by atoms with Gasteiger partial charge in [-0.2, -0.15) is 5.26 Å². The van der Waals surface area contributed by atoms with Gasteiger partial charge in [-0.3, -0.25) is 0 Å². The number of benzene rings is 1. The maximum absolute atomic E-state index is 9.27. The van der Waals surface area contributed by atoms with Crippen LogP contribution in [-0.2, 0) is 0 Å². The summed E-state index contributed by atoms with van der Waals surface area (Å²) < 4.78 is 5.21. The zero-order valence-corrected chi connectivity index (χ0v) is 10.6. The standard InChI is InChI=1S/C14H18N2O2/c1-18-13-5-4-12(8-15)14(7-13)16-6-2-3-11(9-16)10-17/h4-5,7,11,17H,2-3,6,9-10H2,1H3. The highest BCUT2D eigenvalue weighted by atomic mass is 16.5. The third-order valence-electron chi connectivity index (χ3n) is 3.44. The molecule has 1 N–H and O–H groups in total. The molecule has 0 radical (unpaired) electrons. The van der Waals surface area contributed by atoms with E-state index in [4.69, 9.17) is 10.00 Å². The molecule has 1 aliphatic heterocycles. The van der Waals surface area contributed by atoms with Crippen LogP contribution < -0.4 is 9.64 Å². The van der Waals surface area contributed by atoms with Crippen molar-refractivity contribution in [3.05, 3.63) is 23.8 Å². The predicted molar refractivity (Wildman–Crippen MR) is 69.7 cm³/mol. The van der Waals surface area contributed by atoms with Gasteiger partial charge in [0.2, 0.25) is 0 Å². The summed E-state index contributed by atoms with van der Waals surface area (Å²) in [6, 6.07) is 7.71. The van der Waals surface area contributed by atoms with E-state index in [2.05, 4.69) is 11.0 Å². The monoisotopic (exact) mass is 246 g/mol. The molecule has 0 amide bonds. The number of rotatable bonds is 3. The minimum absolute atomic E-state index is 0.211. The Balaban J connectivity index is 2.28. The van der Waals surface area contributed by atoms with E-state index in [-0.39, 0.29) is 6.61 Å². The van der Waals surface area contributed by atoms with Crippen molar-refractivity contribution < 1.29 is 9.84 Å². The smallest absolute Gasteiger partial charge is 0.121 e. The Bertz CT molecular complexity index is 454. The number of aliphatic hydroxyl groups excluding tert-OH is 1. The Morgan fingerprint density at radius 1 is 1.56 bits per heavy atom. The zero-order valence-electron chi connectivity index (χ0n) is 10.6. The highest BCUT2D eigenvalue weighted by Gasteiger charge is 2.21. The molecule has 1 atom stereocenters. The molecule has 2 rings (SSSR count). The van der Waals surface area contributed by atoms with Gasteiger partial charge in [0.25, 0.3) is 0 Å². The van der Waals surface area contributed by atoms with Crippen molar-refractivity contribution in [2.75, 3.05) is 31.7 Å². The Hall–Kier alpha value is -1.73. The Kier molecular flexibility index (Phi) is 4.06. The fourth-order valence-corrected chi connectivity index (χ4v) is 2.43. The molecule has 18 heavy (non-hydrogen) atoms. The van der Waals surface area contributed by atoms with Gasteiger partial charge in [0.05, 0.1) is 18.4 Å². The second kappa shape index (κ2) is 5.74. The van der Waals surface area contributed by atoms with E-state index in [1.807, 2.05) is 6.07 Å². The molecule has 0 saturated carbocycles. The number of nitrogens with zero attached hydrogens (tertiary/aromatic N) is 2. The van der Waals surface area contributed by atoms with Crippen LogP contribution in [0.15, 0.2) is 18.2 Å². The largest absolute Gasteiger partial charge is 0.497 e. The van der Waals surface area contributed by atoms with E-state index in [1.54, 1.807) is 19.2 Å². The highest BCUT2D eigenvalue weighted by molar-refractivity contribution is 5.62. The van der Waals surface area contributed by atoms with Gasteiger partial charge in [0.15, 0.2) is 0 Å². The molecule has 1 saturated heterocycles. The molecule has 4 nitrogen and oxygen atoms in total. The molecule has 0 aliphatic carbocycles. The summed E-state index contributed by atoms with van der Waals surface area (Å²) in [6.45, 7) is 1.94. The number of hydrogen-bond donors (Lipinski definition) is 1. The van der Waals surface area contributed by atoms with Gasteiger partial charge in [-0.1, -0.05) is 0 Å². The van der Waals surface area contributed by atoms with Gasteiger partial charge in [-0.25, -0.2) is 0 Å². The van der Waals surface area contributed by atoms with E-state index in [9.17, 15) is 5.11 Å². The molecule has 1 aromatic carbocycles. The molecule has 96 valence electrons. The first-order valence-electron chi connectivity index (χ1n) is 6.22. The lowest BCUT2D eigenvalue weighted by molar-refractivity contribution is 0.208. The topological polar surface area (TPSA) is 56.5 Å². The fourth-order valence-electron chi connectivity index (χ4n) is 2.43. The van der Waals surface area contributed by atoms with Gasteiger partial charge in [0, 0.05) is 25.8 Å². The highest BCUT2D eigenvalue weighted by Crippen LogP contribution is 2.29. The van der Waals surface area contributed by atoms with Gasteiger partial charge in [-0.05, 0) is 30.9 Å². The van der Waals surface area contributed by atoms with Crippen LogP contribution in [0.3, 0.4) is 0 Å². The van der Waals surface area contributed by atoms with E-state index in [1.165, 1.54) is 0 Å². The second-order valence-corrected chi connectivity index (χ2v) is 4.63. The summed E-state index contributed by atoms with van der Waals surface area (Å²) in [5.41, 5.74) is 1.57. The van der Waals surface area contributed by atoms with Crippen LogP contribution in [0.4, 0.5) is 5.69 Å². The van der Waals surface area contributed by atoms with Crippen molar-refractivity contribution >= 4 is 5.69 Å². The zero-order chi connectivity index (χ0) is 13.0. The van der Waals surface area contributed by atoms with Gasteiger partial charge in [0.1, 0.15) is 11.8 Å². The second-order valence-electron chi connectivity index (χ2n) is 4.63. The molecule has 1 aliphatic rings. The van der Waals surface area contributed by atoms with Gasteiger partial charge in [-0.15, -0.1) is 0 Å². The number of ether oxygens (including phenoxy) is 1. The molecule has 0 aromatic heterocycles. The van der Waals surface area contributed by atoms with E-state index in [0.717, 1.165) is 37.4 Å². The summed E-state index contributed by atoms with van der Waals surface area (Å²) in [7, 11) is 1.62. The minimum atomic E-state index is 0.211. The third kappa shape index (κ3) is 2.57. The SMILES string of the molecule is COc1ccc(C#N)c(N2CCCC(CO)C2)c1.